The predicted molar refractivity (Wildman–Crippen MR) is 92.8 cm³/mol. The monoisotopic (exact) mass is 318 g/mol. The highest BCUT2D eigenvalue weighted by Crippen LogP contribution is 2.33. The summed E-state index contributed by atoms with van der Waals surface area (Å²) in [7, 11) is 2.26. The molecule has 2 aliphatic rings. The van der Waals surface area contributed by atoms with Crippen LogP contribution < -0.4 is 5.32 Å². The quantitative estimate of drug-likeness (QED) is 0.873. The van der Waals surface area contributed by atoms with E-state index >= 15 is 0 Å². The lowest BCUT2D eigenvalue weighted by Crippen LogP contribution is -2.52. The van der Waals surface area contributed by atoms with E-state index in [2.05, 4.69) is 40.2 Å². The molecular formula is C18H30N4O. The highest BCUT2D eigenvalue weighted by atomic mass is 16.5. The van der Waals surface area contributed by atoms with Crippen molar-refractivity contribution >= 4 is 5.82 Å². The fourth-order valence-corrected chi connectivity index (χ4v) is 3.95. The summed E-state index contributed by atoms with van der Waals surface area (Å²) in [5.74, 6) is 1.39. The van der Waals surface area contributed by atoms with Gasteiger partial charge in [0.15, 0.2) is 0 Å². The molecule has 5 nitrogen and oxygen atoms in total. The lowest BCUT2D eigenvalue weighted by atomic mass is 9.80. The van der Waals surface area contributed by atoms with Crippen LogP contribution >= 0.6 is 0 Å². The van der Waals surface area contributed by atoms with Crippen molar-refractivity contribution in [3.05, 3.63) is 18.1 Å². The van der Waals surface area contributed by atoms with E-state index in [9.17, 15) is 0 Å². The van der Waals surface area contributed by atoms with Crippen LogP contribution in [0.3, 0.4) is 0 Å². The zero-order valence-electron chi connectivity index (χ0n) is 14.6. The van der Waals surface area contributed by atoms with Gasteiger partial charge in [-0.2, -0.15) is 0 Å². The second-order valence-electron chi connectivity index (χ2n) is 7.04. The SMILES string of the molecule is CCN(C)C1(CNc2cc([C@H]3CCOC3)ncn2)CCCCC1. The maximum Gasteiger partial charge on any atom is 0.129 e. The Labute approximate surface area is 139 Å². The third-order valence-electron chi connectivity index (χ3n) is 5.70. The predicted octanol–water partition coefficient (Wildman–Crippen LogP) is 3.05. The van der Waals surface area contributed by atoms with E-state index in [0.717, 1.165) is 44.2 Å². The van der Waals surface area contributed by atoms with Crippen LogP contribution in [0.15, 0.2) is 12.4 Å². The van der Waals surface area contributed by atoms with Gasteiger partial charge in [0.25, 0.3) is 0 Å². The van der Waals surface area contributed by atoms with E-state index in [1.165, 1.54) is 32.1 Å². The highest BCUT2D eigenvalue weighted by molar-refractivity contribution is 5.36. The molecule has 1 saturated heterocycles. The molecule has 1 N–H and O–H groups in total. The molecule has 1 aliphatic carbocycles. The molecule has 1 aliphatic heterocycles. The number of rotatable bonds is 6. The van der Waals surface area contributed by atoms with Gasteiger partial charge >= 0.3 is 0 Å². The van der Waals surface area contributed by atoms with Gasteiger partial charge in [-0.3, -0.25) is 4.90 Å². The third kappa shape index (κ3) is 3.83. The number of aromatic nitrogens is 2. The minimum Gasteiger partial charge on any atom is -0.381 e. The molecule has 23 heavy (non-hydrogen) atoms. The van der Waals surface area contributed by atoms with Crippen LogP contribution in [0, 0.1) is 0 Å². The van der Waals surface area contributed by atoms with Crippen molar-refractivity contribution in [1.29, 1.82) is 0 Å². The Hall–Kier alpha value is -1.20. The van der Waals surface area contributed by atoms with Crippen LogP contribution in [0.4, 0.5) is 5.82 Å². The van der Waals surface area contributed by atoms with Crippen LogP contribution in [-0.2, 0) is 4.74 Å². The molecule has 0 radical (unpaired) electrons. The number of ether oxygens (including phenoxy) is 1. The Morgan fingerprint density at radius 1 is 1.30 bits per heavy atom. The smallest absolute Gasteiger partial charge is 0.129 e. The minimum atomic E-state index is 0.272. The largest absolute Gasteiger partial charge is 0.381 e. The first-order valence-electron chi connectivity index (χ1n) is 9.08. The molecule has 0 bridgehead atoms. The number of hydrogen-bond acceptors (Lipinski definition) is 5. The zero-order chi connectivity index (χ0) is 16.1. The summed E-state index contributed by atoms with van der Waals surface area (Å²) >= 11 is 0. The summed E-state index contributed by atoms with van der Waals surface area (Å²) in [4.78, 5) is 11.4. The van der Waals surface area contributed by atoms with Crippen LogP contribution in [0.25, 0.3) is 0 Å². The van der Waals surface area contributed by atoms with Crippen LogP contribution in [0.2, 0.25) is 0 Å². The molecule has 5 heteroatoms. The molecule has 1 aromatic heterocycles. The summed E-state index contributed by atoms with van der Waals surface area (Å²) in [5, 5.41) is 3.60. The maximum atomic E-state index is 5.48. The standard InChI is InChI=1S/C18H30N4O/c1-3-22(2)18(8-5-4-6-9-18)13-19-17-11-16(20-14-21-17)15-7-10-23-12-15/h11,14-15H,3-10,12-13H2,1-2H3,(H,19,20,21)/t15-/m0/s1. The summed E-state index contributed by atoms with van der Waals surface area (Å²) in [6.45, 7) is 5.95. The summed E-state index contributed by atoms with van der Waals surface area (Å²) in [5.41, 5.74) is 1.38. The molecule has 2 fully saturated rings. The zero-order valence-corrected chi connectivity index (χ0v) is 14.6. The first-order valence-corrected chi connectivity index (χ1v) is 9.08. The fraction of sp³-hybridized carbons (Fsp3) is 0.778. The summed E-state index contributed by atoms with van der Waals surface area (Å²) in [6.07, 6.45) is 9.35. The number of nitrogens with zero attached hydrogens (tertiary/aromatic N) is 3. The Balaban J connectivity index is 1.67. The van der Waals surface area contributed by atoms with Crippen LogP contribution in [0.1, 0.15) is 57.1 Å². The summed E-state index contributed by atoms with van der Waals surface area (Å²) < 4.78 is 5.48. The Morgan fingerprint density at radius 2 is 2.13 bits per heavy atom. The topological polar surface area (TPSA) is 50.3 Å². The van der Waals surface area contributed by atoms with Gasteiger partial charge in [-0.25, -0.2) is 9.97 Å². The van der Waals surface area contributed by atoms with Gasteiger partial charge < -0.3 is 10.1 Å². The lowest BCUT2D eigenvalue weighted by molar-refractivity contribution is 0.0922. The second kappa shape index (κ2) is 7.58. The van der Waals surface area contributed by atoms with E-state index in [4.69, 9.17) is 4.74 Å². The van der Waals surface area contributed by atoms with Crippen molar-refractivity contribution in [3.63, 3.8) is 0 Å². The van der Waals surface area contributed by atoms with Crippen molar-refractivity contribution in [3.8, 4) is 0 Å². The number of anilines is 1. The molecule has 0 amide bonds. The van der Waals surface area contributed by atoms with Crippen molar-refractivity contribution in [1.82, 2.24) is 14.9 Å². The molecule has 1 saturated carbocycles. The van der Waals surface area contributed by atoms with E-state index < -0.39 is 0 Å². The van der Waals surface area contributed by atoms with Gasteiger partial charge in [0.2, 0.25) is 0 Å². The molecule has 0 spiro atoms. The molecule has 128 valence electrons. The van der Waals surface area contributed by atoms with E-state index in [1.807, 2.05) is 0 Å². The van der Waals surface area contributed by atoms with Crippen LogP contribution in [0.5, 0.6) is 0 Å². The van der Waals surface area contributed by atoms with Crippen LogP contribution in [-0.4, -0.2) is 53.8 Å². The number of nitrogens with one attached hydrogen (secondary N) is 1. The second-order valence-corrected chi connectivity index (χ2v) is 7.04. The third-order valence-corrected chi connectivity index (χ3v) is 5.70. The minimum absolute atomic E-state index is 0.272. The average molecular weight is 318 g/mol. The molecule has 1 aromatic rings. The molecule has 0 aromatic carbocycles. The van der Waals surface area contributed by atoms with Gasteiger partial charge in [-0.1, -0.05) is 26.2 Å². The van der Waals surface area contributed by atoms with Gasteiger partial charge in [0.05, 0.1) is 12.3 Å². The summed E-state index contributed by atoms with van der Waals surface area (Å²) in [6, 6.07) is 2.11. The van der Waals surface area contributed by atoms with E-state index in [1.54, 1.807) is 6.33 Å². The first kappa shape index (κ1) is 16.7. The normalized spacial score (nSPS) is 24.0. The molecular weight excluding hydrogens is 288 g/mol. The molecule has 3 rings (SSSR count). The van der Waals surface area contributed by atoms with Gasteiger partial charge in [0.1, 0.15) is 12.1 Å². The first-order chi connectivity index (χ1) is 11.2. The number of hydrogen-bond donors (Lipinski definition) is 1. The van der Waals surface area contributed by atoms with Crippen molar-refractivity contribution in [2.75, 3.05) is 38.7 Å². The fourth-order valence-electron chi connectivity index (χ4n) is 3.95. The molecule has 2 heterocycles. The van der Waals surface area contributed by atoms with E-state index in [-0.39, 0.29) is 5.54 Å². The average Bonchev–Trinajstić information content (AvgIpc) is 3.15. The van der Waals surface area contributed by atoms with E-state index in [0.29, 0.717) is 5.92 Å². The Bertz CT molecular complexity index is 496. The highest BCUT2D eigenvalue weighted by Gasteiger charge is 2.35. The van der Waals surface area contributed by atoms with Gasteiger partial charge in [-0.05, 0) is 32.9 Å². The van der Waals surface area contributed by atoms with Gasteiger partial charge in [-0.15, -0.1) is 0 Å². The lowest BCUT2D eigenvalue weighted by Gasteiger charge is -2.44. The Kier molecular flexibility index (Phi) is 5.49. The molecule has 1 atom stereocenters. The number of likely N-dealkylation sites (N-methyl/N-ethyl adjacent to an activating group) is 1. The maximum absolute atomic E-state index is 5.48. The van der Waals surface area contributed by atoms with Crippen molar-refractivity contribution in [2.45, 2.75) is 56.9 Å². The molecule has 0 unspecified atom stereocenters. The Morgan fingerprint density at radius 3 is 2.83 bits per heavy atom. The van der Waals surface area contributed by atoms with Crippen molar-refractivity contribution in [2.24, 2.45) is 0 Å². The van der Waals surface area contributed by atoms with Crippen molar-refractivity contribution < 1.29 is 4.74 Å². The van der Waals surface area contributed by atoms with Gasteiger partial charge in [0, 0.05) is 30.7 Å².